The third-order valence-electron chi connectivity index (χ3n) is 3.96. The van der Waals surface area contributed by atoms with E-state index in [1.54, 1.807) is 7.11 Å². The number of benzene rings is 2. The van der Waals surface area contributed by atoms with Crippen molar-refractivity contribution >= 4 is 17.7 Å². The number of hydrogen-bond acceptors (Lipinski definition) is 6. The Morgan fingerprint density at radius 1 is 1.15 bits per heavy atom. The van der Waals surface area contributed by atoms with Crippen molar-refractivity contribution in [2.45, 2.75) is 18.6 Å². The molecule has 2 aromatic carbocycles. The zero-order chi connectivity index (χ0) is 19.2. The zero-order valence-corrected chi connectivity index (χ0v) is 16.0. The van der Waals surface area contributed by atoms with Crippen LogP contribution in [0.15, 0.2) is 53.7 Å². The van der Waals surface area contributed by atoms with Crippen LogP contribution >= 0.6 is 11.8 Å². The summed E-state index contributed by atoms with van der Waals surface area (Å²) in [7, 11) is 1.61. The number of carbonyl (C=O) groups excluding carboxylic acids is 1. The van der Waals surface area contributed by atoms with Crippen molar-refractivity contribution in [1.29, 1.82) is 0 Å². The second-order valence-electron chi connectivity index (χ2n) is 5.96. The quantitative estimate of drug-likeness (QED) is 0.480. The number of nitrogens with zero attached hydrogens (tertiary/aromatic N) is 3. The highest BCUT2D eigenvalue weighted by Crippen LogP contribution is 2.23. The number of amides is 1. The number of methoxy groups -OCH3 is 1. The van der Waals surface area contributed by atoms with Crippen molar-refractivity contribution in [2.24, 2.45) is 0 Å². The number of ether oxygens (including phenoxy) is 1. The lowest BCUT2D eigenvalue weighted by atomic mass is 10.1. The van der Waals surface area contributed by atoms with Gasteiger partial charge in [-0.1, -0.05) is 41.6 Å². The number of rotatable bonds is 7. The van der Waals surface area contributed by atoms with Gasteiger partial charge in [0.05, 0.1) is 12.9 Å². The van der Waals surface area contributed by atoms with Gasteiger partial charge in [-0.2, -0.15) is 0 Å². The van der Waals surface area contributed by atoms with Crippen molar-refractivity contribution in [1.82, 2.24) is 20.2 Å². The summed E-state index contributed by atoms with van der Waals surface area (Å²) in [6, 6.07) is 15.4. The molecule has 27 heavy (non-hydrogen) atoms. The highest BCUT2D eigenvalue weighted by Gasteiger charge is 2.14. The molecule has 0 saturated heterocycles. The summed E-state index contributed by atoms with van der Waals surface area (Å²) >= 11 is 1.24. The predicted octanol–water partition coefficient (Wildman–Crippen LogP) is 2.38. The van der Waals surface area contributed by atoms with Crippen LogP contribution in [0, 0.1) is 6.92 Å². The van der Waals surface area contributed by atoms with E-state index < -0.39 is 0 Å². The van der Waals surface area contributed by atoms with Crippen molar-refractivity contribution in [3.05, 3.63) is 59.7 Å². The highest BCUT2D eigenvalue weighted by molar-refractivity contribution is 7.99. The van der Waals surface area contributed by atoms with Gasteiger partial charge in [0.15, 0.2) is 5.82 Å². The molecule has 1 heterocycles. The zero-order valence-electron chi connectivity index (χ0n) is 15.2. The minimum absolute atomic E-state index is 0.0884. The average molecular weight is 383 g/mol. The Balaban J connectivity index is 1.55. The molecule has 3 N–H and O–H groups in total. The molecule has 3 rings (SSSR count). The number of thioether (sulfide) groups is 1. The lowest BCUT2D eigenvalue weighted by molar-refractivity contribution is -0.118. The summed E-state index contributed by atoms with van der Waals surface area (Å²) in [5.41, 5.74) is 3.07. The van der Waals surface area contributed by atoms with Crippen molar-refractivity contribution in [2.75, 3.05) is 18.7 Å². The SMILES string of the molecule is COc1ccc(-c2nnc(SCC(=O)NCc3ccc(C)cc3)n2N)cc1. The van der Waals surface area contributed by atoms with Gasteiger partial charge < -0.3 is 15.9 Å². The molecular weight excluding hydrogens is 362 g/mol. The molecule has 0 fully saturated rings. The fraction of sp³-hybridized carbons (Fsp3) is 0.211. The third kappa shape index (κ3) is 4.79. The number of aryl methyl sites for hydroxylation is 1. The molecule has 0 spiro atoms. The van der Waals surface area contributed by atoms with Crippen molar-refractivity contribution < 1.29 is 9.53 Å². The first kappa shape index (κ1) is 18.8. The number of nitrogens with one attached hydrogen (secondary N) is 1. The summed E-state index contributed by atoms with van der Waals surface area (Å²) < 4.78 is 6.53. The topological polar surface area (TPSA) is 95.1 Å². The van der Waals surface area contributed by atoms with Gasteiger partial charge in [0.1, 0.15) is 5.75 Å². The molecule has 8 heteroatoms. The van der Waals surface area contributed by atoms with Crippen LogP contribution < -0.4 is 15.9 Å². The van der Waals surface area contributed by atoms with Crippen molar-refractivity contribution in [3.63, 3.8) is 0 Å². The summed E-state index contributed by atoms with van der Waals surface area (Å²) in [6.07, 6.45) is 0. The minimum Gasteiger partial charge on any atom is -0.497 e. The van der Waals surface area contributed by atoms with E-state index in [-0.39, 0.29) is 11.7 Å². The van der Waals surface area contributed by atoms with E-state index in [1.165, 1.54) is 22.0 Å². The Bertz CT molecular complexity index is 907. The van der Waals surface area contributed by atoms with E-state index in [2.05, 4.69) is 15.5 Å². The summed E-state index contributed by atoms with van der Waals surface area (Å²) in [4.78, 5) is 12.1. The maximum Gasteiger partial charge on any atom is 0.230 e. The maximum atomic E-state index is 12.1. The number of nitrogens with two attached hydrogens (primary N) is 1. The first-order valence-electron chi connectivity index (χ1n) is 8.37. The van der Waals surface area contributed by atoms with Crippen LogP contribution in [0.5, 0.6) is 5.75 Å². The molecule has 0 aliphatic heterocycles. The fourth-order valence-electron chi connectivity index (χ4n) is 2.40. The standard InChI is InChI=1S/C19H21N5O2S/c1-13-3-5-14(6-4-13)11-21-17(25)12-27-19-23-22-18(24(19)20)15-7-9-16(26-2)10-8-15/h3-10H,11-12,20H2,1-2H3,(H,21,25). The first-order chi connectivity index (χ1) is 13.1. The Kier molecular flexibility index (Phi) is 5.97. The van der Waals surface area contributed by atoms with E-state index in [0.29, 0.717) is 17.5 Å². The molecule has 0 radical (unpaired) electrons. The van der Waals surface area contributed by atoms with Gasteiger partial charge in [0, 0.05) is 12.1 Å². The molecule has 140 valence electrons. The van der Waals surface area contributed by atoms with Gasteiger partial charge in [-0.05, 0) is 36.8 Å². The fourth-order valence-corrected chi connectivity index (χ4v) is 3.09. The van der Waals surface area contributed by atoms with Gasteiger partial charge in [-0.15, -0.1) is 10.2 Å². The monoisotopic (exact) mass is 383 g/mol. The summed E-state index contributed by atoms with van der Waals surface area (Å²) in [5, 5.41) is 11.6. The van der Waals surface area contributed by atoms with Gasteiger partial charge in [-0.25, -0.2) is 4.68 Å². The molecular formula is C19H21N5O2S. The van der Waals surface area contributed by atoms with E-state index in [9.17, 15) is 4.79 Å². The van der Waals surface area contributed by atoms with E-state index >= 15 is 0 Å². The molecule has 1 aromatic heterocycles. The largest absolute Gasteiger partial charge is 0.497 e. The predicted molar refractivity (Wildman–Crippen MR) is 106 cm³/mol. The molecule has 0 unspecified atom stereocenters. The van der Waals surface area contributed by atoms with Gasteiger partial charge in [0.2, 0.25) is 11.1 Å². The van der Waals surface area contributed by atoms with Gasteiger partial charge >= 0.3 is 0 Å². The second kappa shape index (κ2) is 8.59. The smallest absolute Gasteiger partial charge is 0.230 e. The van der Waals surface area contributed by atoms with Crippen LogP contribution in [0.2, 0.25) is 0 Å². The lowest BCUT2D eigenvalue weighted by Gasteiger charge is -2.06. The number of nitrogen functional groups attached to an aromatic ring is 1. The van der Waals surface area contributed by atoms with Crippen LogP contribution in [-0.4, -0.2) is 33.6 Å². The van der Waals surface area contributed by atoms with Crippen LogP contribution in [0.3, 0.4) is 0 Å². The Morgan fingerprint density at radius 2 is 1.85 bits per heavy atom. The Morgan fingerprint density at radius 3 is 2.52 bits per heavy atom. The number of aromatic nitrogens is 3. The summed E-state index contributed by atoms with van der Waals surface area (Å²) in [5.74, 6) is 7.48. The van der Waals surface area contributed by atoms with E-state index in [0.717, 1.165) is 16.9 Å². The lowest BCUT2D eigenvalue weighted by Crippen LogP contribution is -2.25. The molecule has 0 aliphatic carbocycles. The Hall–Kier alpha value is -3.00. The average Bonchev–Trinajstić information content (AvgIpc) is 3.06. The molecule has 0 aliphatic rings. The molecule has 1 amide bonds. The second-order valence-corrected chi connectivity index (χ2v) is 6.90. The number of carbonyl (C=O) groups is 1. The molecule has 0 bridgehead atoms. The molecule has 0 saturated carbocycles. The van der Waals surface area contributed by atoms with E-state index in [4.69, 9.17) is 10.6 Å². The van der Waals surface area contributed by atoms with Gasteiger partial charge in [-0.3, -0.25) is 4.79 Å². The summed E-state index contributed by atoms with van der Waals surface area (Å²) in [6.45, 7) is 2.52. The van der Waals surface area contributed by atoms with E-state index in [1.807, 2.05) is 55.5 Å². The van der Waals surface area contributed by atoms with Crippen LogP contribution in [0.1, 0.15) is 11.1 Å². The molecule has 3 aromatic rings. The maximum absolute atomic E-state index is 12.1. The van der Waals surface area contributed by atoms with Gasteiger partial charge in [0.25, 0.3) is 0 Å². The van der Waals surface area contributed by atoms with Crippen LogP contribution in [0.4, 0.5) is 0 Å². The third-order valence-corrected chi connectivity index (χ3v) is 4.90. The first-order valence-corrected chi connectivity index (χ1v) is 9.35. The highest BCUT2D eigenvalue weighted by atomic mass is 32.2. The molecule has 0 atom stereocenters. The van der Waals surface area contributed by atoms with Crippen LogP contribution in [-0.2, 0) is 11.3 Å². The normalized spacial score (nSPS) is 10.6. The Labute approximate surface area is 161 Å². The number of hydrogen-bond donors (Lipinski definition) is 2. The molecule has 7 nitrogen and oxygen atoms in total. The van der Waals surface area contributed by atoms with Crippen LogP contribution in [0.25, 0.3) is 11.4 Å². The minimum atomic E-state index is -0.0884. The van der Waals surface area contributed by atoms with Crippen molar-refractivity contribution in [3.8, 4) is 17.1 Å².